The van der Waals surface area contributed by atoms with Gasteiger partial charge in [0, 0.05) is 44.0 Å². The van der Waals surface area contributed by atoms with Gasteiger partial charge < -0.3 is 10.2 Å². The van der Waals surface area contributed by atoms with E-state index in [1.54, 1.807) is 4.68 Å². The molecule has 2 aromatic rings. The molecule has 1 unspecified atom stereocenters. The van der Waals surface area contributed by atoms with Crippen LogP contribution in [-0.2, 0) is 20.1 Å². The number of hydrogen-bond donors (Lipinski definition) is 1. The summed E-state index contributed by atoms with van der Waals surface area (Å²) in [5.74, 6) is 0. The number of aromatic nitrogens is 2. The van der Waals surface area contributed by atoms with Crippen LogP contribution in [0.2, 0.25) is 5.15 Å². The quantitative estimate of drug-likeness (QED) is 0.926. The lowest BCUT2D eigenvalue weighted by Gasteiger charge is -2.26. The second-order valence-electron chi connectivity index (χ2n) is 5.77. The van der Waals surface area contributed by atoms with Crippen LogP contribution in [0.1, 0.15) is 23.7 Å². The molecule has 1 N–H and O–H groups in total. The third kappa shape index (κ3) is 2.78. The van der Waals surface area contributed by atoms with Gasteiger partial charge in [-0.25, -0.2) is 0 Å². The van der Waals surface area contributed by atoms with E-state index in [1.165, 1.54) is 11.3 Å². The van der Waals surface area contributed by atoms with Gasteiger partial charge >= 0.3 is 0 Å². The standard InChI is InChI=1S/C16H21ClN4/c1-11-9-21(10-14-12(2)19-20(3)16(14)17)15-7-5-4-6-13(15)8-18-11/h4-7,11,18H,8-10H2,1-3H3. The fourth-order valence-electron chi connectivity index (χ4n) is 2.94. The summed E-state index contributed by atoms with van der Waals surface area (Å²) in [4.78, 5) is 2.40. The molecule has 1 aliphatic rings. The first-order valence-corrected chi connectivity index (χ1v) is 7.68. The summed E-state index contributed by atoms with van der Waals surface area (Å²) in [5.41, 5.74) is 4.74. The van der Waals surface area contributed by atoms with Crippen LogP contribution in [0, 0.1) is 6.92 Å². The Balaban J connectivity index is 1.96. The third-order valence-electron chi connectivity index (χ3n) is 4.09. The van der Waals surface area contributed by atoms with Crippen molar-refractivity contribution in [1.82, 2.24) is 15.1 Å². The maximum absolute atomic E-state index is 6.40. The van der Waals surface area contributed by atoms with Crippen LogP contribution in [-0.4, -0.2) is 22.4 Å². The molecule has 21 heavy (non-hydrogen) atoms. The van der Waals surface area contributed by atoms with E-state index in [4.69, 9.17) is 11.6 Å². The molecule has 4 nitrogen and oxygen atoms in total. The highest BCUT2D eigenvalue weighted by molar-refractivity contribution is 6.30. The highest BCUT2D eigenvalue weighted by Crippen LogP contribution is 2.28. The minimum absolute atomic E-state index is 0.438. The van der Waals surface area contributed by atoms with Crippen LogP contribution in [0.15, 0.2) is 24.3 Å². The van der Waals surface area contributed by atoms with Crippen molar-refractivity contribution < 1.29 is 0 Å². The molecule has 1 atom stereocenters. The smallest absolute Gasteiger partial charge is 0.131 e. The zero-order chi connectivity index (χ0) is 15.0. The van der Waals surface area contributed by atoms with Crippen molar-refractivity contribution in [3.8, 4) is 0 Å². The molecule has 1 aromatic carbocycles. The summed E-state index contributed by atoms with van der Waals surface area (Å²) < 4.78 is 1.75. The van der Waals surface area contributed by atoms with Gasteiger partial charge in [0.15, 0.2) is 0 Å². The summed E-state index contributed by atoms with van der Waals surface area (Å²) >= 11 is 6.40. The predicted molar refractivity (Wildman–Crippen MR) is 86.7 cm³/mol. The number of halogens is 1. The van der Waals surface area contributed by atoms with E-state index in [0.717, 1.165) is 36.0 Å². The first-order valence-electron chi connectivity index (χ1n) is 7.30. The van der Waals surface area contributed by atoms with Gasteiger partial charge in [-0.2, -0.15) is 5.10 Å². The Morgan fingerprint density at radius 1 is 1.38 bits per heavy atom. The number of benzene rings is 1. The lowest BCUT2D eigenvalue weighted by molar-refractivity contribution is 0.552. The topological polar surface area (TPSA) is 33.1 Å². The molecule has 1 aromatic heterocycles. The molecule has 0 radical (unpaired) electrons. The van der Waals surface area contributed by atoms with Crippen LogP contribution < -0.4 is 10.2 Å². The van der Waals surface area contributed by atoms with E-state index in [0.29, 0.717) is 6.04 Å². The number of fused-ring (bicyclic) bond motifs is 1. The van der Waals surface area contributed by atoms with Crippen LogP contribution in [0.5, 0.6) is 0 Å². The number of nitrogens with one attached hydrogen (secondary N) is 1. The van der Waals surface area contributed by atoms with Crippen molar-refractivity contribution in [1.29, 1.82) is 0 Å². The molecular weight excluding hydrogens is 284 g/mol. The van der Waals surface area contributed by atoms with Crippen LogP contribution in [0.4, 0.5) is 5.69 Å². The summed E-state index contributed by atoms with van der Waals surface area (Å²) in [6.07, 6.45) is 0. The van der Waals surface area contributed by atoms with Gasteiger partial charge in [-0.3, -0.25) is 4.68 Å². The highest BCUT2D eigenvalue weighted by Gasteiger charge is 2.21. The van der Waals surface area contributed by atoms with Gasteiger partial charge in [0.1, 0.15) is 5.15 Å². The zero-order valence-corrected chi connectivity index (χ0v) is 13.5. The lowest BCUT2D eigenvalue weighted by Crippen LogP contribution is -2.35. The van der Waals surface area contributed by atoms with Gasteiger partial charge in [0.25, 0.3) is 0 Å². The molecule has 0 saturated carbocycles. The molecule has 0 bridgehead atoms. The van der Waals surface area contributed by atoms with E-state index in [1.807, 2.05) is 14.0 Å². The van der Waals surface area contributed by atoms with Crippen molar-refractivity contribution in [3.05, 3.63) is 46.2 Å². The number of hydrogen-bond acceptors (Lipinski definition) is 3. The van der Waals surface area contributed by atoms with E-state index >= 15 is 0 Å². The lowest BCUT2D eigenvalue weighted by atomic mass is 10.1. The Bertz CT molecular complexity index is 650. The zero-order valence-electron chi connectivity index (χ0n) is 12.7. The minimum Gasteiger partial charge on any atom is -0.365 e. The SMILES string of the molecule is Cc1nn(C)c(Cl)c1CN1CC(C)NCc2ccccc21. The molecule has 112 valence electrons. The molecule has 0 amide bonds. The molecule has 0 spiro atoms. The number of aryl methyl sites for hydroxylation is 2. The fourth-order valence-corrected chi connectivity index (χ4v) is 3.17. The molecule has 5 heteroatoms. The second kappa shape index (κ2) is 5.70. The van der Waals surface area contributed by atoms with Crippen molar-refractivity contribution in [3.63, 3.8) is 0 Å². The number of para-hydroxylation sites is 1. The van der Waals surface area contributed by atoms with E-state index in [2.05, 4.69) is 46.5 Å². The Hall–Kier alpha value is -1.52. The molecule has 3 rings (SSSR count). The summed E-state index contributed by atoms with van der Waals surface area (Å²) in [7, 11) is 1.89. The minimum atomic E-state index is 0.438. The van der Waals surface area contributed by atoms with Crippen molar-refractivity contribution in [2.24, 2.45) is 7.05 Å². The monoisotopic (exact) mass is 304 g/mol. The Morgan fingerprint density at radius 2 is 2.14 bits per heavy atom. The summed E-state index contributed by atoms with van der Waals surface area (Å²) in [5, 5.41) is 8.70. The van der Waals surface area contributed by atoms with Crippen molar-refractivity contribution in [2.45, 2.75) is 33.0 Å². The maximum atomic E-state index is 6.40. The molecule has 2 heterocycles. The Labute approximate surface area is 130 Å². The normalized spacial score (nSPS) is 18.5. The number of anilines is 1. The summed E-state index contributed by atoms with van der Waals surface area (Å²) in [6.45, 7) is 6.90. The molecular formula is C16H21ClN4. The van der Waals surface area contributed by atoms with E-state index < -0.39 is 0 Å². The average Bonchev–Trinajstić information content (AvgIpc) is 2.63. The maximum Gasteiger partial charge on any atom is 0.131 e. The van der Waals surface area contributed by atoms with Gasteiger partial charge in [-0.15, -0.1) is 0 Å². The molecule has 0 fully saturated rings. The van der Waals surface area contributed by atoms with Crippen molar-refractivity contribution >= 4 is 17.3 Å². The van der Waals surface area contributed by atoms with Gasteiger partial charge in [-0.05, 0) is 25.5 Å². The average molecular weight is 305 g/mol. The van der Waals surface area contributed by atoms with E-state index in [-0.39, 0.29) is 0 Å². The van der Waals surface area contributed by atoms with Crippen molar-refractivity contribution in [2.75, 3.05) is 11.4 Å². The number of rotatable bonds is 2. The van der Waals surface area contributed by atoms with Gasteiger partial charge in [0.2, 0.25) is 0 Å². The molecule has 0 saturated heterocycles. The highest BCUT2D eigenvalue weighted by atomic mass is 35.5. The Kier molecular flexibility index (Phi) is 3.91. The first-order chi connectivity index (χ1) is 10.1. The summed E-state index contributed by atoms with van der Waals surface area (Å²) in [6, 6.07) is 9.00. The van der Waals surface area contributed by atoms with Crippen LogP contribution in [0.25, 0.3) is 0 Å². The second-order valence-corrected chi connectivity index (χ2v) is 6.13. The molecule has 1 aliphatic heterocycles. The van der Waals surface area contributed by atoms with E-state index in [9.17, 15) is 0 Å². The van der Waals surface area contributed by atoms with Crippen LogP contribution in [0.3, 0.4) is 0 Å². The predicted octanol–water partition coefficient (Wildman–Crippen LogP) is 2.88. The fraction of sp³-hybridized carbons (Fsp3) is 0.438. The van der Waals surface area contributed by atoms with Gasteiger partial charge in [0.05, 0.1) is 5.69 Å². The van der Waals surface area contributed by atoms with Crippen LogP contribution >= 0.6 is 11.6 Å². The van der Waals surface area contributed by atoms with Gasteiger partial charge in [-0.1, -0.05) is 29.8 Å². The Morgan fingerprint density at radius 3 is 2.86 bits per heavy atom. The molecule has 0 aliphatic carbocycles. The number of nitrogens with zero attached hydrogens (tertiary/aromatic N) is 3. The first kappa shape index (κ1) is 14.4. The largest absolute Gasteiger partial charge is 0.365 e. The third-order valence-corrected chi connectivity index (χ3v) is 4.56.